The number of sulfonamides is 1. The molecule has 25 heavy (non-hydrogen) atoms. The molecule has 2 aromatic rings. The number of benzene rings is 2. The van der Waals surface area contributed by atoms with Gasteiger partial charge in [0.15, 0.2) is 0 Å². The summed E-state index contributed by atoms with van der Waals surface area (Å²) < 4.78 is 28.9. The van der Waals surface area contributed by atoms with E-state index in [0.29, 0.717) is 24.4 Å². The van der Waals surface area contributed by atoms with Crippen LogP contribution in [-0.4, -0.2) is 30.6 Å². The third kappa shape index (κ3) is 3.85. The van der Waals surface area contributed by atoms with E-state index in [1.54, 1.807) is 41.3 Å². The summed E-state index contributed by atoms with van der Waals surface area (Å²) in [4.78, 5) is 12.7. The lowest BCUT2D eigenvalue weighted by atomic mass is 10.1. The number of likely N-dealkylation sites (tertiary alicyclic amines) is 1. The van der Waals surface area contributed by atoms with Crippen LogP contribution in [0.2, 0.25) is 0 Å². The molecule has 3 rings (SSSR count). The highest BCUT2D eigenvalue weighted by Crippen LogP contribution is 2.24. The minimum absolute atomic E-state index is 0.0275. The normalized spacial score (nSPS) is 16.3. The average molecular weight is 359 g/mol. The van der Waals surface area contributed by atoms with Gasteiger partial charge in [0, 0.05) is 24.6 Å². The molecule has 8 heteroatoms. The van der Waals surface area contributed by atoms with Gasteiger partial charge in [-0.05, 0) is 18.6 Å². The first-order chi connectivity index (χ1) is 12.0. The lowest BCUT2D eigenvalue weighted by molar-refractivity contribution is -0.385. The molecule has 1 aliphatic heterocycles. The Kier molecular flexibility index (Phi) is 4.80. The summed E-state index contributed by atoms with van der Waals surface area (Å²) in [5.41, 5.74) is 0.568. The zero-order valence-electron chi connectivity index (χ0n) is 13.4. The summed E-state index contributed by atoms with van der Waals surface area (Å²) in [6, 6.07) is 14.5. The topological polar surface area (TPSA) is 92.9 Å². The van der Waals surface area contributed by atoms with Crippen LogP contribution in [0.25, 0.3) is 0 Å². The summed E-state index contributed by atoms with van der Waals surface area (Å²) >= 11 is 0. The van der Waals surface area contributed by atoms with Crippen molar-refractivity contribution >= 4 is 21.5 Å². The molecule has 0 unspecified atom stereocenters. The molecule has 1 heterocycles. The minimum atomic E-state index is -3.78. The Hall–Kier alpha value is -2.74. The Morgan fingerprint density at radius 2 is 1.76 bits per heavy atom. The molecule has 0 N–H and O–H groups in total. The van der Waals surface area contributed by atoms with Crippen molar-refractivity contribution in [2.75, 3.05) is 6.54 Å². The van der Waals surface area contributed by atoms with Crippen molar-refractivity contribution in [2.24, 2.45) is 4.40 Å². The summed E-state index contributed by atoms with van der Waals surface area (Å²) in [5.74, 6) is 0.446. The SMILES string of the molecule is O=[N+]([O-])c1ccccc1CN1CCC/C1=N\S(=O)(=O)c1ccccc1. The van der Waals surface area contributed by atoms with Crippen molar-refractivity contribution < 1.29 is 13.3 Å². The zero-order valence-corrected chi connectivity index (χ0v) is 14.2. The molecule has 0 atom stereocenters. The molecule has 0 radical (unpaired) electrons. The van der Waals surface area contributed by atoms with Gasteiger partial charge < -0.3 is 4.90 Å². The van der Waals surface area contributed by atoms with E-state index in [0.717, 1.165) is 6.42 Å². The Morgan fingerprint density at radius 1 is 1.08 bits per heavy atom. The van der Waals surface area contributed by atoms with Gasteiger partial charge in [-0.3, -0.25) is 10.1 Å². The lowest BCUT2D eigenvalue weighted by Gasteiger charge is -2.18. The first kappa shape index (κ1) is 17.1. The van der Waals surface area contributed by atoms with Crippen molar-refractivity contribution in [1.82, 2.24) is 4.90 Å². The Morgan fingerprint density at radius 3 is 2.48 bits per heavy atom. The molecule has 0 amide bonds. The first-order valence-electron chi connectivity index (χ1n) is 7.83. The van der Waals surface area contributed by atoms with Crippen LogP contribution < -0.4 is 0 Å². The van der Waals surface area contributed by atoms with Gasteiger partial charge in [-0.25, -0.2) is 0 Å². The second kappa shape index (κ2) is 7.02. The summed E-state index contributed by atoms with van der Waals surface area (Å²) in [6.07, 6.45) is 1.30. The van der Waals surface area contributed by atoms with Crippen LogP contribution in [0, 0.1) is 10.1 Å². The van der Waals surface area contributed by atoms with Gasteiger partial charge in [0.1, 0.15) is 5.84 Å². The van der Waals surface area contributed by atoms with Gasteiger partial charge in [-0.2, -0.15) is 8.42 Å². The average Bonchev–Trinajstić information content (AvgIpc) is 3.02. The molecule has 7 nitrogen and oxygen atoms in total. The fourth-order valence-corrected chi connectivity index (χ4v) is 3.89. The number of amidine groups is 1. The van der Waals surface area contributed by atoms with Crippen LogP contribution in [0.15, 0.2) is 63.9 Å². The molecule has 0 aromatic heterocycles. The van der Waals surface area contributed by atoms with Gasteiger partial charge in [0.25, 0.3) is 15.7 Å². The number of rotatable bonds is 5. The van der Waals surface area contributed by atoms with Crippen molar-refractivity contribution in [2.45, 2.75) is 24.3 Å². The summed E-state index contributed by atoms with van der Waals surface area (Å²) in [7, 11) is -3.78. The highest BCUT2D eigenvalue weighted by molar-refractivity contribution is 7.90. The van der Waals surface area contributed by atoms with E-state index in [4.69, 9.17) is 0 Å². The van der Waals surface area contributed by atoms with Crippen molar-refractivity contribution in [1.29, 1.82) is 0 Å². The van der Waals surface area contributed by atoms with Crippen LogP contribution >= 0.6 is 0 Å². The van der Waals surface area contributed by atoms with Gasteiger partial charge >= 0.3 is 0 Å². The van der Waals surface area contributed by atoms with Gasteiger partial charge in [0.05, 0.1) is 16.4 Å². The fourth-order valence-electron chi connectivity index (χ4n) is 2.80. The maximum atomic E-state index is 12.4. The van der Waals surface area contributed by atoms with E-state index in [-0.39, 0.29) is 17.1 Å². The Balaban J connectivity index is 1.88. The van der Waals surface area contributed by atoms with Crippen molar-refractivity contribution in [3.63, 3.8) is 0 Å². The van der Waals surface area contributed by atoms with Gasteiger partial charge in [0.2, 0.25) is 0 Å². The zero-order chi connectivity index (χ0) is 17.9. The van der Waals surface area contributed by atoms with E-state index in [9.17, 15) is 18.5 Å². The van der Waals surface area contributed by atoms with Gasteiger partial charge in [-0.15, -0.1) is 4.40 Å². The number of nitrogens with zero attached hydrogens (tertiary/aromatic N) is 3. The number of nitro groups is 1. The highest BCUT2D eigenvalue weighted by Gasteiger charge is 2.25. The molecular formula is C17H17N3O4S. The molecule has 0 bridgehead atoms. The second-order valence-corrected chi connectivity index (χ2v) is 7.31. The van der Waals surface area contributed by atoms with E-state index >= 15 is 0 Å². The number of hydrogen-bond donors (Lipinski definition) is 0. The molecule has 1 aliphatic rings. The summed E-state index contributed by atoms with van der Waals surface area (Å²) in [5, 5.41) is 11.2. The molecular weight excluding hydrogens is 342 g/mol. The van der Waals surface area contributed by atoms with Crippen LogP contribution in [0.3, 0.4) is 0 Å². The third-order valence-corrected chi connectivity index (χ3v) is 5.33. The number of nitro benzene ring substituents is 1. The minimum Gasteiger partial charge on any atom is -0.355 e. The summed E-state index contributed by atoms with van der Waals surface area (Å²) in [6.45, 7) is 0.884. The molecule has 2 aromatic carbocycles. The largest absolute Gasteiger partial charge is 0.355 e. The smallest absolute Gasteiger partial charge is 0.283 e. The quantitative estimate of drug-likeness (QED) is 0.604. The van der Waals surface area contributed by atoms with Crippen molar-refractivity contribution in [3.8, 4) is 0 Å². The fraction of sp³-hybridized carbons (Fsp3) is 0.235. The lowest BCUT2D eigenvalue weighted by Crippen LogP contribution is -2.25. The maximum absolute atomic E-state index is 12.4. The van der Waals surface area contributed by atoms with E-state index in [1.807, 2.05) is 0 Å². The second-order valence-electron chi connectivity index (χ2n) is 5.71. The molecule has 1 saturated heterocycles. The predicted octanol–water partition coefficient (Wildman–Crippen LogP) is 2.98. The van der Waals surface area contributed by atoms with Crippen LogP contribution in [0.4, 0.5) is 5.69 Å². The van der Waals surface area contributed by atoms with Crippen LogP contribution in [0.5, 0.6) is 0 Å². The van der Waals surface area contributed by atoms with Gasteiger partial charge in [-0.1, -0.05) is 36.4 Å². The number of para-hydroxylation sites is 1. The molecule has 0 aliphatic carbocycles. The third-order valence-electron chi connectivity index (χ3n) is 4.01. The first-order valence-corrected chi connectivity index (χ1v) is 9.27. The maximum Gasteiger partial charge on any atom is 0.283 e. The van der Waals surface area contributed by atoms with Crippen LogP contribution in [0.1, 0.15) is 18.4 Å². The van der Waals surface area contributed by atoms with Crippen molar-refractivity contribution in [3.05, 3.63) is 70.3 Å². The van der Waals surface area contributed by atoms with E-state index in [1.165, 1.54) is 18.2 Å². The number of hydrogen-bond acceptors (Lipinski definition) is 4. The Labute approximate surface area is 145 Å². The molecule has 0 saturated carbocycles. The van der Waals surface area contributed by atoms with Crippen LogP contribution in [-0.2, 0) is 16.6 Å². The molecule has 0 spiro atoms. The standard InChI is InChI=1S/C17H17N3O4S/c21-20(22)16-10-5-4-7-14(16)13-19-12-6-11-17(19)18-25(23,24)15-8-2-1-3-9-15/h1-5,7-10H,6,11-13H2/b18-17+. The monoisotopic (exact) mass is 359 g/mol. The van der Waals surface area contributed by atoms with E-state index < -0.39 is 14.9 Å². The van der Waals surface area contributed by atoms with E-state index in [2.05, 4.69) is 4.40 Å². The molecule has 1 fully saturated rings. The molecule has 130 valence electrons. The predicted molar refractivity (Wildman–Crippen MR) is 93.8 cm³/mol. The highest BCUT2D eigenvalue weighted by atomic mass is 32.2. The Bertz CT molecular complexity index is 911.